The van der Waals surface area contributed by atoms with Gasteiger partial charge in [-0.05, 0) is 117 Å². The molecule has 0 aliphatic heterocycles. The van der Waals surface area contributed by atoms with E-state index in [-0.39, 0.29) is 16.6 Å². The minimum Gasteiger partial charge on any atom is -0.507 e. The summed E-state index contributed by atoms with van der Waals surface area (Å²) in [6.45, 7) is 13.6. The Labute approximate surface area is 387 Å². The third kappa shape index (κ3) is 7.82. The van der Waals surface area contributed by atoms with E-state index < -0.39 is 0 Å². The van der Waals surface area contributed by atoms with Crippen LogP contribution in [0.5, 0.6) is 5.75 Å². The lowest BCUT2D eigenvalue weighted by molar-refractivity contribution is 0.477. The van der Waals surface area contributed by atoms with Crippen LogP contribution in [0, 0.1) is 11.3 Å². The molecule has 66 heavy (non-hydrogen) atoms. The summed E-state index contributed by atoms with van der Waals surface area (Å²) in [7, 11) is 0. The summed E-state index contributed by atoms with van der Waals surface area (Å²) < 4.78 is 2.35. The molecule has 7 aromatic carbocycles. The highest BCUT2D eigenvalue weighted by Gasteiger charge is 2.23. The van der Waals surface area contributed by atoms with Gasteiger partial charge in [-0.1, -0.05) is 157 Å². The Balaban J connectivity index is 1.11. The van der Waals surface area contributed by atoms with Crippen LogP contribution in [-0.2, 0) is 10.8 Å². The zero-order valence-electron chi connectivity index (χ0n) is 38.1. The van der Waals surface area contributed by atoms with E-state index in [0.29, 0.717) is 16.8 Å². The molecule has 3 heterocycles. The number of phenols is 1. The van der Waals surface area contributed by atoms with Crippen molar-refractivity contribution in [1.29, 1.82) is 5.26 Å². The maximum Gasteiger partial charge on any atom is 0.124 e. The summed E-state index contributed by atoms with van der Waals surface area (Å²) >= 11 is 0. The van der Waals surface area contributed by atoms with Gasteiger partial charge in [-0.3, -0.25) is 4.98 Å². The zero-order valence-corrected chi connectivity index (χ0v) is 38.1. The van der Waals surface area contributed by atoms with Gasteiger partial charge in [0.25, 0.3) is 0 Å². The second kappa shape index (κ2) is 16.5. The van der Waals surface area contributed by atoms with Gasteiger partial charge < -0.3 is 9.67 Å². The number of aromatic hydroxyl groups is 1. The molecule has 0 radical (unpaired) electrons. The second-order valence-corrected chi connectivity index (χ2v) is 19.2. The number of nitriles is 1. The highest BCUT2D eigenvalue weighted by Crippen LogP contribution is 2.41. The number of nitrogens with zero attached hydrogens (tertiary/aromatic N) is 4. The van der Waals surface area contributed by atoms with Crippen LogP contribution < -0.4 is 0 Å². The minimum absolute atomic E-state index is 0.0546. The SMILES string of the molecule is CC(C)(C)c1cc(-c2cc(-c3cccc(-c4cc(-c5cccc6c7ccccc7n(-c7cccc(-c8ccccc8C#N)c7)c56)ccn4)c3)nc(-c3ccccc3O)c2)cc(C(C)(C)C)c1. The van der Waals surface area contributed by atoms with Gasteiger partial charge in [0.2, 0.25) is 0 Å². The van der Waals surface area contributed by atoms with E-state index in [1.165, 1.54) is 11.1 Å². The molecule has 3 aromatic heterocycles. The van der Waals surface area contributed by atoms with Crippen molar-refractivity contribution >= 4 is 21.8 Å². The zero-order chi connectivity index (χ0) is 45.7. The summed E-state index contributed by atoms with van der Waals surface area (Å²) in [6, 6.07) is 65.0. The minimum atomic E-state index is -0.0546. The van der Waals surface area contributed by atoms with E-state index in [2.05, 4.69) is 186 Å². The van der Waals surface area contributed by atoms with E-state index in [4.69, 9.17) is 9.97 Å². The number of hydrogen-bond acceptors (Lipinski definition) is 4. The Morgan fingerprint density at radius 3 is 1.80 bits per heavy atom. The second-order valence-electron chi connectivity index (χ2n) is 19.2. The summed E-state index contributed by atoms with van der Waals surface area (Å²) in [5.41, 5.74) is 17.4. The fraction of sp³-hybridized carbons (Fsp3) is 0.131. The average Bonchev–Trinajstić information content (AvgIpc) is 3.68. The number of benzene rings is 7. The fourth-order valence-corrected chi connectivity index (χ4v) is 9.09. The van der Waals surface area contributed by atoms with Crippen LogP contribution in [0.4, 0.5) is 0 Å². The van der Waals surface area contributed by atoms with Gasteiger partial charge in [-0.25, -0.2) is 4.98 Å². The van der Waals surface area contributed by atoms with Crippen LogP contribution in [0.2, 0.25) is 0 Å². The summed E-state index contributed by atoms with van der Waals surface area (Å²) in [5.74, 6) is 0.188. The third-order valence-corrected chi connectivity index (χ3v) is 12.7. The molecular formula is C61H50N4O. The molecule has 0 atom stereocenters. The smallest absolute Gasteiger partial charge is 0.124 e. The van der Waals surface area contributed by atoms with Crippen molar-refractivity contribution in [3.05, 3.63) is 205 Å². The average molecular weight is 855 g/mol. The Hall–Kier alpha value is -8.07. The van der Waals surface area contributed by atoms with Gasteiger partial charge in [0.1, 0.15) is 5.75 Å². The first kappa shape index (κ1) is 41.9. The number of hydrogen-bond donors (Lipinski definition) is 1. The Morgan fingerprint density at radius 2 is 1.05 bits per heavy atom. The van der Waals surface area contributed by atoms with Gasteiger partial charge >= 0.3 is 0 Å². The normalized spacial score (nSPS) is 11.8. The van der Waals surface area contributed by atoms with E-state index in [0.717, 1.165) is 83.4 Å². The molecule has 10 rings (SSSR count). The van der Waals surface area contributed by atoms with Gasteiger partial charge in [0.15, 0.2) is 0 Å². The number of rotatable bonds is 7. The topological polar surface area (TPSA) is 74.7 Å². The summed E-state index contributed by atoms with van der Waals surface area (Å²) in [6.07, 6.45) is 1.90. The number of fused-ring (bicyclic) bond motifs is 3. The standard InChI is InChI=1S/C61H50N4O/c1-60(2,3)46-31-44(32-47(37-46)61(4,5)6)45-35-55(64-56(36-45)53-23-10-12-27-58(53)66)42-19-13-18-41(30-42)54-34-40(28-29-63-54)50-24-15-25-52-51-22-9-11-26-57(51)65(59(50)52)48-20-14-17-39(33-48)49-21-8-7-16-43(49)38-62/h7-37,66H,1-6H3. The molecule has 5 nitrogen and oxygen atoms in total. The van der Waals surface area contributed by atoms with Crippen molar-refractivity contribution < 1.29 is 5.11 Å². The van der Waals surface area contributed by atoms with E-state index in [1.807, 2.05) is 48.7 Å². The largest absolute Gasteiger partial charge is 0.507 e. The molecule has 0 unspecified atom stereocenters. The van der Waals surface area contributed by atoms with E-state index in [1.54, 1.807) is 6.07 Å². The van der Waals surface area contributed by atoms with Gasteiger partial charge in [-0.2, -0.15) is 5.26 Å². The van der Waals surface area contributed by atoms with Crippen LogP contribution >= 0.6 is 0 Å². The molecule has 0 spiro atoms. The molecule has 0 fully saturated rings. The predicted molar refractivity (Wildman–Crippen MR) is 273 cm³/mol. The Bertz CT molecular complexity index is 3510. The highest BCUT2D eigenvalue weighted by atomic mass is 16.3. The van der Waals surface area contributed by atoms with Crippen LogP contribution in [-0.4, -0.2) is 19.6 Å². The molecule has 0 saturated carbocycles. The van der Waals surface area contributed by atoms with Crippen molar-refractivity contribution in [3.8, 4) is 84.7 Å². The lowest BCUT2D eigenvalue weighted by atomic mass is 9.79. The monoisotopic (exact) mass is 854 g/mol. The number of para-hydroxylation sites is 3. The molecule has 0 saturated heterocycles. The van der Waals surface area contributed by atoms with Crippen LogP contribution in [0.25, 0.3) is 94.6 Å². The molecule has 0 amide bonds. The summed E-state index contributed by atoms with van der Waals surface area (Å²) in [5, 5.41) is 23.4. The summed E-state index contributed by atoms with van der Waals surface area (Å²) in [4.78, 5) is 10.2. The molecule has 0 bridgehead atoms. The maximum absolute atomic E-state index is 11.1. The van der Waals surface area contributed by atoms with E-state index in [9.17, 15) is 10.4 Å². The maximum atomic E-state index is 11.1. The Kier molecular flexibility index (Phi) is 10.5. The predicted octanol–water partition coefficient (Wildman–Crippen LogP) is 15.7. The van der Waals surface area contributed by atoms with Crippen molar-refractivity contribution in [3.63, 3.8) is 0 Å². The third-order valence-electron chi connectivity index (χ3n) is 12.7. The van der Waals surface area contributed by atoms with Gasteiger partial charge in [-0.15, -0.1) is 0 Å². The lowest BCUT2D eigenvalue weighted by Crippen LogP contribution is -2.16. The van der Waals surface area contributed by atoms with Crippen molar-refractivity contribution in [2.24, 2.45) is 0 Å². The molecule has 10 aromatic rings. The molecule has 320 valence electrons. The van der Waals surface area contributed by atoms with Gasteiger partial charge in [0, 0.05) is 44.9 Å². The number of aromatic nitrogens is 3. The molecule has 5 heteroatoms. The molecule has 1 N–H and O–H groups in total. The molecule has 0 aliphatic rings. The quantitative estimate of drug-likeness (QED) is 0.173. The Morgan fingerprint density at radius 1 is 0.470 bits per heavy atom. The van der Waals surface area contributed by atoms with Crippen LogP contribution in [0.15, 0.2) is 188 Å². The fourth-order valence-electron chi connectivity index (χ4n) is 9.09. The van der Waals surface area contributed by atoms with E-state index >= 15 is 0 Å². The first-order valence-corrected chi connectivity index (χ1v) is 22.5. The van der Waals surface area contributed by atoms with Crippen molar-refractivity contribution in [2.45, 2.75) is 52.4 Å². The van der Waals surface area contributed by atoms with Crippen LogP contribution in [0.1, 0.15) is 58.2 Å². The van der Waals surface area contributed by atoms with Crippen LogP contribution in [0.3, 0.4) is 0 Å². The molecule has 0 aliphatic carbocycles. The van der Waals surface area contributed by atoms with Gasteiger partial charge in [0.05, 0.1) is 39.7 Å². The molecular weight excluding hydrogens is 805 g/mol. The van der Waals surface area contributed by atoms with Crippen molar-refractivity contribution in [1.82, 2.24) is 14.5 Å². The number of pyridine rings is 2. The highest BCUT2D eigenvalue weighted by molar-refractivity contribution is 6.14. The first-order valence-electron chi connectivity index (χ1n) is 22.5. The number of phenolic OH excluding ortho intramolecular Hbond substituents is 1. The van der Waals surface area contributed by atoms with Crippen molar-refractivity contribution in [2.75, 3.05) is 0 Å². The first-order chi connectivity index (χ1) is 31.8. The lowest BCUT2D eigenvalue weighted by Gasteiger charge is -2.26.